The third kappa shape index (κ3) is 3.58. The first-order valence-electron chi connectivity index (χ1n) is 8.40. The van der Waals surface area contributed by atoms with Crippen LogP contribution in [-0.2, 0) is 16.1 Å². The van der Waals surface area contributed by atoms with E-state index >= 15 is 0 Å². The molecule has 0 bridgehead atoms. The van der Waals surface area contributed by atoms with Crippen molar-refractivity contribution in [3.63, 3.8) is 0 Å². The van der Waals surface area contributed by atoms with Gasteiger partial charge in [-0.2, -0.15) is 4.99 Å². The molecule has 0 radical (unpaired) electrons. The van der Waals surface area contributed by atoms with Gasteiger partial charge >= 0.3 is 0 Å². The zero-order valence-electron chi connectivity index (χ0n) is 14.6. The van der Waals surface area contributed by atoms with Gasteiger partial charge in [-0.25, -0.2) is 4.39 Å². The van der Waals surface area contributed by atoms with Crippen molar-refractivity contribution in [3.8, 4) is 11.5 Å². The molecule has 1 atom stereocenters. The summed E-state index contributed by atoms with van der Waals surface area (Å²) in [5.41, 5.74) is 0.802. The fraction of sp³-hybridized carbons (Fsp3) is 0.263. The number of rotatable bonds is 4. The molecule has 1 aliphatic rings. The van der Waals surface area contributed by atoms with E-state index in [1.807, 2.05) is 16.7 Å². The summed E-state index contributed by atoms with van der Waals surface area (Å²) < 4.78 is 32.6. The Morgan fingerprint density at radius 2 is 2.15 bits per heavy atom. The van der Waals surface area contributed by atoms with Gasteiger partial charge < -0.3 is 18.8 Å². The Hall–Kier alpha value is -2.71. The maximum atomic E-state index is 13.6. The van der Waals surface area contributed by atoms with E-state index in [4.69, 9.17) is 14.2 Å². The molecule has 6 nitrogen and oxygen atoms in total. The van der Waals surface area contributed by atoms with Gasteiger partial charge in [0.1, 0.15) is 12.4 Å². The number of hydrogen-bond donors (Lipinski definition) is 0. The predicted octanol–water partition coefficient (Wildman–Crippen LogP) is 2.76. The number of aromatic nitrogens is 1. The molecular weight excluding hydrogens is 371 g/mol. The molecule has 0 saturated carbocycles. The lowest BCUT2D eigenvalue weighted by atomic mass is 10.2. The van der Waals surface area contributed by atoms with Gasteiger partial charge in [-0.15, -0.1) is 0 Å². The molecule has 4 rings (SSSR count). The van der Waals surface area contributed by atoms with E-state index in [0.717, 1.165) is 5.52 Å². The Balaban J connectivity index is 1.68. The molecule has 2 aromatic carbocycles. The molecule has 1 aromatic heterocycles. The second kappa shape index (κ2) is 7.50. The second-order valence-corrected chi connectivity index (χ2v) is 6.96. The number of benzene rings is 2. The van der Waals surface area contributed by atoms with E-state index in [0.29, 0.717) is 34.2 Å². The Labute approximate surface area is 158 Å². The summed E-state index contributed by atoms with van der Waals surface area (Å²) >= 11 is 1.25. The third-order valence-corrected chi connectivity index (χ3v) is 5.19. The van der Waals surface area contributed by atoms with Crippen molar-refractivity contribution >= 4 is 27.5 Å². The molecule has 0 aliphatic carbocycles. The van der Waals surface area contributed by atoms with Crippen molar-refractivity contribution in [2.75, 3.05) is 20.3 Å². The van der Waals surface area contributed by atoms with Crippen LogP contribution in [0.4, 0.5) is 4.39 Å². The molecule has 2 heterocycles. The van der Waals surface area contributed by atoms with Crippen LogP contribution in [0.15, 0.2) is 47.5 Å². The highest BCUT2D eigenvalue weighted by atomic mass is 32.1. The first kappa shape index (κ1) is 17.7. The van der Waals surface area contributed by atoms with Crippen LogP contribution >= 0.6 is 11.3 Å². The van der Waals surface area contributed by atoms with Crippen LogP contribution in [0.3, 0.4) is 0 Å². The highest BCUT2D eigenvalue weighted by Crippen LogP contribution is 2.31. The van der Waals surface area contributed by atoms with E-state index in [1.165, 1.54) is 23.5 Å². The maximum Gasteiger partial charge on any atom is 0.292 e. The van der Waals surface area contributed by atoms with E-state index in [1.54, 1.807) is 25.3 Å². The summed E-state index contributed by atoms with van der Waals surface area (Å²) in [6.45, 7) is 1.04. The predicted molar refractivity (Wildman–Crippen MR) is 98.6 cm³/mol. The van der Waals surface area contributed by atoms with E-state index in [-0.39, 0.29) is 12.4 Å². The molecule has 0 N–H and O–H groups in total. The molecule has 0 fully saturated rings. The largest absolute Gasteiger partial charge is 0.485 e. The number of thiazole rings is 1. The Morgan fingerprint density at radius 3 is 2.96 bits per heavy atom. The number of carbonyl (C=O) groups is 1. The molecule has 1 aliphatic heterocycles. The minimum absolute atomic E-state index is 0.0942. The molecule has 27 heavy (non-hydrogen) atoms. The van der Waals surface area contributed by atoms with Gasteiger partial charge in [0.05, 0.1) is 16.8 Å². The number of para-hydroxylation sites is 2. The number of carbonyl (C=O) groups excluding carboxylic acids is 1. The average Bonchev–Trinajstić information content (AvgIpc) is 3.01. The van der Waals surface area contributed by atoms with Crippen molar-refractivity contribution in [2.24, 2.45) is 4.99 Å². The number of halogens is 1. The van der Waals surface area contributed by atoms with Crippen molar-refractivity contribution < 1.29 is 23.4 Å². The molecule has 0 saturated heterocycles. The molecule has 0 unspecified atom stereocenters. The molecular formula is C19H17FN2O4S. The number of methoxy groups -OCH3 is 1. The Bertz CT molecular complexity index is 1060. The monoisotopic (exact) mass is 388 g/mol. The SMILES string of the molecule is COCCn1c(=NC(=O)[C@H]2COc3ccccc3O2)sc2cc(F)ccc21. The highest BCUT2D eigenvalue weighted by molar-refractivity contribution is 7.16. The van der Waals surface area contributed by atoms with Crippen LogP contribution in [0.1, 0.15) is 0 Å². The summed E-state index contributed by atoms with van der Waals surface area (Å²) in [4.78, 5) is 17.4. The van der Waals surface area contributed by atoms with E-state index < -0.39 is 12.0 Å². The normalized spacial score (nSPS) is 16.7. The number of amides is 1. The molecule has 8 heteroatoms. The van der Waals surface area contributed by atoms with E-state index in [2.05, 4.69) is 4.99 Å². The number of ether oxygens (including phenoxy) is 3. The smallest absolute Gasteiger partial charge is 0.292 e. The van der Waals surface area contributed by atoms with Gasteiger partial charge in [-0.1, -0.05) is 23.5 Å². The van der Waals surface area contributed by atoms with Crippen LogP contribution in [0.2, 0.25) is 0 Å². The van der Waals surface area contributed by atoms with Crippen molar-refractivity contribution in [2.45, 2.75) is 12.6 Å². The standard InChI is InChI=1S/C19H17FN2O4S/c1-24-9-8-22-13-7-6-12(20)10-17(13)27-19(22)21-18(23)16-11-25-14-4-2-3-5-15(14)26-16/h2-7,10,16H,8-9,11H2,1H3/t16-/m1/s1. The van der Waals surface area contributed by atoms with Crippen LogP contribution in [-0.4, -0.2) is 36.9 Å². The minimum Gasteiger partial charge on any atom is -0.485 e. The quantitative estimate of drug-likeness (QED) is 0.690. The lowest BCUT2D eigenvalue weighted by Gasteiger charge is -2.23. The van der Waals surface area contributed by atoms with Crippen molar-refractivity contribution in [3.05, 3.63) is 53.1 Å². The summed E-state index contributed by atoms with van der Waals surface area (Å²) in [6.07, 6.45) is -0.822. The summed E-state index contributed by atoms with van der Waals surface area (Å²) in [7, 11) is 1.60. The van der Waals surface area contributed by atoms with Gasteiger partial charge in [0.2, 0.25) is 6.10 Å². The summed E-state index contributed by atoms with van der Waals surface area (Å²) in [5, 5.41) is 0. The Morgan fingerprint density at radius 1 is 1.33 bits per heavy atom. The minimum atomic E-state index is -0.822. The van der Waals surface area contributed by atoms with Crippen LogP contribution in [0, 0.1) is 5.82 Å². The van der Waals surface area contributed by atoms with Crippen LogP contribution in [0.5, 0.6) is 11.5 Å². The summed E-state index contributed by atoms with van der Waals surface area (Å²) in [5.74, 6) is 0.348. The lowest BCUT2D eigenvalue weighted by molar-refractivity contribution is -0.127. The van der Waals surface area contributed by atoms with Crippen LogP contribution < -0.4 is 14.3 Å². The number of nitrogens with zero attached hydrogens (tertiary/aromatic N) is 2. The fourth-order valence-electron chi connectivity index (χ4n) is 2.84. The second-order valence-electron chi connectivity index (χ2n) is 5.96. The fourth-order valence-corrected chi connectivity index (χ4v) is 3.92. The highest BCUT2D eigenvalue weighted by Gasteiger charge is 2.27. The topological polar surface area (TPSA) is 62.1 Å². The molecule has 3 aromatic rings. The number of fused-ring (bicyclic) bond motifs is 2. The van der Waals surface area contributed by atoms with Gasteiger partial charge in [0.25, 0.3) is 5.91 Å². The van der Waals surface area contributed by atoms with E-state index in [9.17, 15) is 9.18 Å². The maximum absolute atomic E-state index is 13.6. The zero-order chi connectivity index (χ0) is 18.8. The van der Waals surface area contributed by atoms with Crippen molar-refractivity contribution in [1.29, 1.82) is 0 Å². The summed E-state index contributed by atoms with van der Waals surface area (Å²) in [6, 6.07) is 11.7. The van der Waals surface area contributed by atoms with Gasteiger partial charge in [-0.05, 0) is 30.3 Å². The first-order chi connectivity index (χ1) is 13.2. The van der Waals surface area contributed by atoms with Crippen molar-refractivity contribution in [1.82, 2.24) is 4.57 Å². The lowest BCUT2D eigenvalue weighted by Crippen LogP contribution is -2.37. The first-order valence-corrected chi connectivity index (χ1v) is 9.22. The number of hydrogen-bond acceptors (Lipinski definition) is 5. The average molecular weight is 388 g/mol. The molecule has 1 amide bonds. The van der Waals surface area contributed by atoms with Gasteiger partial charge in [0.15, 0.2) is 16.3 Å². The zero-order valence-corrected chi connectivity index (χ0v) is 15.4. The molecule has 0 spiro atoms. The van der Waals surface area contributed by atoms with Crippen LogP contribution in [0.25, 0.3) is 10.2 Å². The molecule has 140 valence electrons. The van der Waals surface area contributed by atoms with Gasteiger partial charge in [0, 0.05) is 13.7 Å². The third-order valence-electron chi connectivity index (χ3n) is 4.15. The Kier molecular flexibility index (Phi) is 4.91. The van der Waals surface area contributed by atoms with Gasteiger partial charge in [-0.3, -0.25) is 4.79 Å².